The molecule has 1 aromatic carbocycles. The number of rotatable bonds is 2. The summed E-state index contributed by atoms with van der Waals surface area (Å²) in [5.74, 6) is -0.481. The van der Waals surface area contributed by atoms with E-state index in [0.717, 1.165) is 13.0 Å². The van der Waals surface area contributed by atoms with Gasteiger partial charge in [0, 0.05) is 18.3 Å². The first-order chi connectivity index (χ1) is 9.38. The highest BCUT2D eigenvalue weighted by molar-refractivity contribution is 5.94. The number of nitrogens with zero attached hydrogens (tertiary/aromatic N) is 1. The summed E-state index contributed by atoms with van der Waals surface area (Å²) < 4.78 is 0. The van der Waals surface area contributed by atoms with Crippen molar-refractivity contribution in [2.75, 3.05) is 11.9 Å². The molecule has 1 aromatic rings. The van der Waals surface area contributed by atoms with Gasteiger partial charge >= 0.3 is 12.0 Å². The number of aryl methyl sites for hydroxylation is 1. The smallest absolute Gasteiger partial charge is 0.336 e. The molecule has 0 spiro atoms. The van der Waals surface area contributed by atoms with Gasteiger partial charge in [-0.3, -0.25) is 0 Å². The van der Waals surface area contributed by atoms with Gasteiger partial charge in [-0.25, -0.2) is 9.59 Å². The lowest BCUT2D eigenvalue weighted by molar-refractivity contribution is 0.0696. The van der Waals surface area contributed by atoms with Crippen LogP contribution in [0.4, 0.5) is 10.5 Å². The molecule has 2 unspecified atom stereocenters. The van der Waals surface area contributed by atoms with Gasteiger partial charge in [-0.05, 0) is 43.9 Å². The molecule has 1 heterocycles. The standard InChI is InChI=1S/C15H20N2O3/c1-9-6-11(3)17(8-9)15(20)16-12-5-4-10(2)13(7-12)14(18)19/h4-5,7,9,11H,6,8H2,1-3H3,(H,16,20)(H,18,19). The molecule has 2 atom stereocenters. The Morgan fingerprint density at radius 3 is 2.60 bits per heavy atom. The summed E-state index contributed by atoms with van der Waals surface area (Å²) >= 11 is 0. The molecule has 1 fully saturated rings. The molecule has 0 radical (unpaired) electrons. The average Bonchev–Trinajstić information content (AvgIpc) is 2.70. The first-order valence-electron chi connectivity index (χ1n) is 6.80. The minimum Gasteiger partial charge on any atom is -0.478 e. The number of carboxylic acid groups (broad SMARTS) is 1. The van der Waals surface area contributed by atoms with E-state index in [-0.39, 0.29) is 17.6 Å². The fourth-order valence-electron chi connectivity index (χ4n) is 2.71. The minimum absolute atomic E-state index is 0.165. The quantitative estimate of drug-likeness (QED) is 0.872. The zero-order chi connectivity index (χ0) is 14.9. The second-order valence-electron chi connectivity index (χ2n) is 5.61. The van der Waals surface area contributed by atoms with Gasteiger partial charge in [0.25, 0.3) is 0 Å². The van der Waals surface area contributed by atoms with Crippen LogP contribution in [0.15, 0.2) is 18.2 Å². The number of likely N-dealkylation sites (tertiary alicyclic amines) is 1. The number of amides is 2. The Balaban J connectivity index is 2.12. The Kier molecular flexibility index (Phi) is 3.97. The van der Waals surface area contributed by atoms with Crippen molar-refractivity contribution in [3.63, 3.8) is 0 Å². The Hall–Kier alpha value is -2.04. The van der Waals surface area contributed by atoms with Crippen LogP contribution in [0, 0.1) is 12.8 Å². The van der Waals surface area contributed by atoms with E-state index in [0.29, 0.717) is 17.2 Å². The maximum Gasteiger partial charge on any atom is 0.336 e. The van der Waals surface area contributed by atoms with Gasteiger partial charge in [-0.1, -0.05) is 13.0 Å². The van der Waals surface area contributed by atoms with Crippen molar-refractivity contribution in [3.8, 4) is 0 Å². The van der Waals surface area contributed by atoms with E-state index in [4.69, 9.17) is 5.11 Å². The minimum atomic E-state index is -0.984. The largest absolute Gasteiger partial charge is 0.478 e. The van der Waals surface area contributed by atoms with E-state index < -0.39 is 5.97 Å². The molecule has 0 saturated carbocycles. The molecular weight excluding hydrogens is 256 g/mol. The third-order valence-electron chi connectivity index (χ3n) is 3.76. The van der Waals surface area contributed by atoms with E-state index in [2.05, 4.69) is 12.2 Å². The van der Waals surface area contributed by atoms with E-state index in [9.17, 15) is 9.59 Å². The molecule has 0 bridgehead atoms. The number of anilines is 1. The monoisotopic (exact) mass is 276 g/mol. The Morgan fingerprint density at radius 2 is 2.05 bits per heavy atom. The highest BCUT2D eigenvalue weighted by Gasteiger charge is 2.29. The van der Waals surface area contributed by atoms with Crippen molar-refractivity contribution in [2.24, 2.45) is 5.92 Å². The molecule has 20 heavy (non-hydrogen) atoms. The predicted octanol–water partition coefficient (Wildman–Crippen LogP) is 2.96. The predicted molar refractivity (Wildman–Crippen MR) is 77.1 cm³/mol. The summed E-state index contributed by atoms with van der Waals surface area (Å²) in [5, 5.41) is 11.9. The number of benzene rings is 1. The molecule has 5 nitrogen and oxygen atoms in total. The Morgan fingerprint density at radius 1 is 1.35 bits per heavy atom. The van der Waals surface area contributed by atoms with Gasteiger partial charge in [0.1, 0.15) is 0 Å². The first kappa shape index (κ1) is 14.4. The molecule has 1 aliphatic rings. The van der Waals surface area contributed by atoms with E-state index in [1.807, 2.05) is 6.92 Å². The lowest BCUT2D eigenvalue weighted by atomic mass is 10.1. The van der Waals surface area contributed by atoms with Gasteiger partial charge in [0.15, 0.2) is 0 Å². The van der Waals surface area contributed by atoms with Gasteiger partial charge in [-0.15, -0.1) is 0 Å². The van der Waals surface area contributed by atoms with Crippen molar-refractivity contribution < 1.29 is 14.7 Å². The molecule has 1 saturated heterocycles. The van der Waals surface area contributed by atoms with Crippen LogP contribution in [0.5, 0.6) is 0 Å². The average molecular weight is 276 g/mol. The van der Waals surface area contributed by atoms with E-state index >= 15 is 0 Å². The highest BCUT2D eigenvalue weighted by Crippen LogP contribution is 2.23. The number of urea groups is 1. The molecule has 2 amide bonds. The summed E-state index contributed by atoms with van der Waals surface area (Å²) in [7, 11) is 0. The van der Waals surface area contributed by atoms with Crippen LogP contribution in [0.1, 0.15) is 36.2 Å². The van der Waals surface area contributed by atoms with Gasteiger partial charge < -0.3 is 15.3 Å². The van der Waals surface area contributed by atoms with Gasteiger partial charge in [0.2, 0.25) is 0 Å². The van der Waals surface area contributed by atoms with E-state index in [1.165, 1.54) is 6.07 Å². The van der Waals surface area contributed by atoms with Crippen LogP contribution in [-0.4, -0.2) is 34.6 Å². The molecule has 1 aliphatic heterocycles. The van der Waals surface area contributed by atoms with Crippen molar-refractivity contribution in [1.29, 1.82) is 0 Å². The van der Waals surface area contributed by atoms with Crippen LogP contribution in [-0.2, 0) is 0 Å². The Labute approximate surface area is 118 Å². The van der Waals surface area contributed by atoms with Crippen LogP contribution in [0.2, 0.25) is 0 Å². The van der Waals surface area contributed by atoms with Gasteiger partial charge in [0.05, 0.1) is 5.56 Å². The summed E-state index contributed by atoms with van der Waals surface area (Å²) in [6.07, 6.45) is 1.00. The summed E-state index contributed by atoms with van der Waals surface area (Å²) in [5.41, 5.74) is 1.41. The second-order valence-corrected chi connectivity index (χ2v) is 5.61. The molecule has 0 aromatic heterocycles. The third-order valence-corrected chi connectivity index (χ3v) is 3.76. The number of carbonyl (C=O) groups excluding carboxylic acids is 1. The SMILES string of the molecule is Cc1ccc(NC(=O)N2CC(C)CC2C)cc1C(=O)O. The molecule has 108 valence electrons. The lowest BCUT2D eigenvalue weighted by Gasteiger charge is -2.22. The van der Waals surface area contributed by atoms with Crippen LogP contribution in [0.25, 0.3) is 0 Å². The zero-order valence-electron chi connectivity index (χ0n) is 12.0. The summed E-state index contributed by atoms with van der Waals surface area (Å²) in [4.78, 5) is 25.1. The van der Waals surface area contributed by atoms with Crippen molar-refractivity contribution in [1.82, 2.24) is 4.90 Å². The highest BCUT2D eigenvalue weighted by atomic mass is 16.4. The van der Waals surface area contributed by atoms with Crippen LogP contribution >= 0.6 is 0 Å². The van der Waals surface area contributed by atoms with Gasteiger partial charge in [-0.2, -0.15) is 0 Å². The first-order valence-corrected chi connectivity index (χ1v) is 6.80. The fourth-order valence-corrected chi connectivity index (χ4v) is 2.71. The number of aromatic carboxylic acids is 1. The summed E-state index contributed by atoms with van der Waals surface area (Å²) in [6, 6.07) is 4.98. The van der Waals surface area contributed by atoms with E-state index in [1.54, 1.807) is 24.0 Å². The topological polar surface area (TPSA) is 69.6 Å². The third kappa shape index (κ3) is 2.92. The maximum absolute atomic E-state index is 12.2. The fraction of sp³-hybridized carbons (Fsp3) is 0.467. The summed E-state index contributed by atoms with van der Waals surface area (Å²) in [6.45, 7) is 6.63. The van der Waals surface area contributed by atoms with Crippen LogP contribution in [0.3, 0.4) is 0 Å². The number of hydrogen-bond donors (Lipinski definition) is 2. The molecule has 5 heteroatoms. The zero-order valence-corrected chi connectivity index (χ0v) is 12.0. The van der Waals surface area contributed by atoms with Crippen molar-refractivity contribution in [3.05, 3.63) is 29.3 Å². The Bertz CT molecular complexity index is 542. The molecule has 2 rings (SSSR count). The normalized spacial score (nSPS) is 21.9. The number of hydrogen-bond acceptors (Lipinski definition) is 2. The lowest BCUT2D eigenvalue weighted by Crippen LogP contribution is -2.37. The molecule has 0 aliphatic carbocycles. The van der Waals surface area contributed by atoms with Crippen LogP contribution < -0.4 is 5.32 Å². The van der Waals surface area contributed by atoms with Crippen molar-refractivity contribution in [2.45, 2.75) is 33.2 Å². The molecule has 2 N–H and O–H groups in total. The number of nitrogens with one attached hydrogen (secondary N) is 1. The number of carbonyl (C=O) groups is 2. The number of carboxylic acids is 1. The van der Waals surface area contributed by atoms with Crippen molar-refractivity contribution >= 4 is 17.7 Å². The molecular formula is C15H20N2O3. The second kappa shape index (κ2) is 5.53. The maximum atomic E-state index is 12.2.